The fourth-order valence-electron chi connectivity index (χ4n) is 1.24. The van der Waals surface area contributed by atoms with Crippen LogP contribution in [0.2, 0.25) is 0 Å². The molecule has 2 N–H and O–H groups in total. The van der Waals surface area contributed by atoms with Crippen molar-refractivity contribution in [1.82, 2.24) is 15.7 Å². The van der Waals surface area contributed by atoms with E-state index in [9.17, 15) is 14.4 Å². The van der Waals surface area contributed by atoms with E-state index in [0.717, 1.165) is 0 Å². The third-order valence-corrected chi connectivity index (χ3v) is 1.92. The topological polar surface area (TPSA) is 97.0 Å². The van der Waals surface area contributed by atoms with Gasteiger partial charge in [-0.25, -0.2) is 9.59 Å². The number of carbonyl (C=O) groups is 3. The summed E-state index contributed by atoms with van der Waals surface area (Å²) in [4.78, 5) is 39.4. The fourth-order valence-corrected chi connectivity index (χ4v) is 1.24. The Morgan fingerprint density at radius 2 is 2.06 bits per heavy atom. The number of hydrogen-bond donors (Lipinski definition) is 2. The summed E-state index contributed by atoms with van der Waals surface area (Å²) in [6.07, 6.45) is -1.66. The second-order valence-electron chi connectivity index (χ2n) is 4.74. The van der Waals surface area contributed by atoms with Crippen LogP contribution in [0.5, 0.6) is 0 Å². The number of carbonyl (C=O) groups excluding carboxylic acids is 3. The quantitative estimate of drug-likeness (QED) is 0.596. The van der Waals surface area contributed by atoms with E-state index < -0.39 is 17.8 Å². The van der Waals surface area contributed by atoms with Crippen LogP contribution < -0.4 is 10.8 Å². The summed E-state index contributed by atoms with van der Waals surface area (Å²) in [5.41, 5.74) is 1.19. The maximum absolute atomic E-state index is 11.5. The molecule has 0 bridgehead atoms. The number of hydroxylamine groups is 1. The molecule has 0 saturated carbocycles. The standard InChI is InChI=1S/C10H17N3O5/c1-10(2,3)17-8(15)12-18-9(16)13-5-4-11-7(14)6-13/h4-6H2,1-3H3,(H,11,14)(H,12,15). The molecule has 1 aliphatic rings. The Morgan fingerprint density at radius 3 is 2.61 bits per heavy atom. The third-order valence-electron chi connectivity index (χ3n) is 1.92. The minimum atomic E-state index is -0.864. The molecule has 0 aromatic heterocycles. The summed E-state index contributed by atoms with van der Waals surface area (Å²) >= 11 is 0. The number of nitrogens with one attached hydrogen (secondary N) is 2. The Labute approximate surface area is 105 Å². The molecule has 1 rings (SSSR count). The number of nitrogens with zero attached hydrogens (tertiary/aromatic N) is 1. The van der Waals surface area contributed by atoms with Gasteiger partial charge >= 0.3 is 12.2 Å². The molecule has 0 spiro atoms. The fraction of sp³-hybridized carbons (Fsp3) is 0.700. The molecule has 0 radical (unpaired) electrons. The lowest BCUT2D eigenvalue weighted by molar-refractivity contribution is -0.123. The van der Waals surface area contributed by atoms with Crippen LogP contribution in [-0.4, -0.2) is 48.2 Å². The van der Waals surface area contributed by atoms with Crippen LogP contribution in [0, 0.1) is 0 Å². The molecule has 1 heterocycles. The van der Waals surface area contributed by atoms with Crippen LogP contribution in [0.4, 0.5) is 9.59 Å². The Balaban J connectivity index is 2.32. The van der Waals surface area contributed by atoms with Crippen molar-refractivity contribution in [1.29, 1.82) is 0 Å². The maximum Gasteiger partial charge on any atom is 0.441 e. The highest BCUT2D eigenvalue weighted by molar-refractivity contribution is 5.83. The maximum atomic E-state index is 11.5. The molecule has 0 aromatic carbocycles. The van der Waals surface area contributed by atoms with E-state index in [1.165, 1.54) is 4.90 Å². The normalized spacial score (nSPS) is 15.7. The molecule has 8 heteroatoms. The predicted octanol–water partition coefficient (Wildman–Crippen LogP) is -0.00550. The zero-order chi connectivity index (χ0) is 13.8. The zero-order valence-corrected chi connectivity index (χ0v) is 10.6. The van der Waals surface area contributed by atoms with Gasteiger partial charge in [-0.3, -0.25) is 9.69 Å². The molecule has 1 aliphatic heterocycles. The predicted molar refractivity (Wildman–Crippen MR) is 60.4 cm³/mol. The lowest BCUT2D eigenvalue weighted by Gasteiger charge is -2.25. The molecule has 1 saturated heterocycles. The second kappa shape index (κ2) is 5.56. The van der Waals surface area contributed by atoms with E-state index in [2.05, 4.69) is 10.2 Å². The van der Waals surface area contributed by atoms with Crippen molar-refractivity contribution < 1.29 is 24.0 Å². The number of amides is 3. The van der Waals surface area contributed by atoms with Crippen molar-refractivity contribution >= 4 is 18.1 Å². The van der Waals surface area contributed by atoms with Crippen LogP contribution in [0.15, 0.2) is 0 Å². The van der Waals surface area contributed by atoms with Gasteiger partial charge in [0.1, 0.15) is 12.1 Å². The number of piperazine rings is 1. The highest BCUT2D eigenvalue weighted by Gasteiger charge is 2.24. The van der Waals surface area contributed by atoms with Gasteiger partial charge in [-0.2, -0.15) is 0 Å². The lowest BCUT2D eigenvalue weighted by Crippen LogP contribution is -2.51. The van der Waals surface area contributed by atoms with E-state index >= 15 is 0 Å². The molecule has 8 nitrogen and oxygen atoms in total. The molecule has 0 aromatic rings. The first-order valence-electron chi connectivity index (χ1n) is 5.49. The van der Waals surface area contributed by atoms with Crippen molar-refractivity contribution in [2.24, 2.45) is 0 Å². The van der Waals surface area contributed by atoms with Gasteiger partial charge in [-0.1, -0.05) is 0 Å². The molecule has 0 atom stereocenters. The first kappa shape index (κ1) is 14.1. The average molecular weight is 259 g/mol. The Bertz CT molecular complexity index is 350. The van der Waals surface area contributed by atoms with Gasteiger partial charge in [0, 0.05) is 13.1 Å². The first-order valence-corrected chi connectivity index (χ1v) is 5.49. The van der Waals surface area contributed by atoms with Crippen molar-refractivity contribution in [2.75, 3.05) is 19.6 Å². The molecule has 102 valence electrons. The summed E-state index contributed by atoms with van der Waals surface area (Å²) < 4.78 is 4.87. The molecule has 0 aliphatic carbocycles. The Morgan fingerprint density at radius 1 is 1.39 bits per heavy atom. The molecule has 1 fully saturated rings. The number of rotatable bonds is 0. The molecular weight excluding hydrogens is 242 g/mol. The SMILES string of the molecule is CC(C)(C)OC(=O)NOC(=O)N1CCNC(=O)C1. The van der Waals surface area contributed by atoms with Gasteiger partial charge in [0.25, 0.3) is 0 Å². The summed E-state index contributed by atoms with van der Waals surface area (Å²) in [7, 11) is 0. The third kappa shape index (κ3) is 4.89. The van der Waals surface area contributed by atoms with Gasteiger partial charge in [-0.05, 0) is 20.8 Å². The van der Waals surface area contributed by atoms with E-state index in [0.29, 0.717) is 13.1 Å². The minimum Gasteiger partial charge on any atom is -0.442 e. The monoisotopic (exact) mass is 259 g/mol. The van der Waals surface area contributed by atoms with Gasteiger partial charge in [0.15, 0.2) is 0 Å². The van der Waals surface area contributed by atoms with Crippen LogP contribution in [0.3, 0.4) is 0 Å². The van der Waals surface area contributed by atoms with Gasteiger partial charge in [-0.15, -0.1) is 5.48 Å². The Kier molecular flexibility index (Phi) is 4.35. The summed E-state index contributed by atoms with van der Waals surface area (Å²) in [6, 6.07) is 0. The van der Waals surface area contributed by atoms with Crippen molar-refractivity contribution in [2.45, 2.75) is 26.4 Å². The van der Waals surface area contributed by atoms with E-state index in [1.54, 1.807) is 20.8 Å². The van der Waals surface area contributed by atoms with E-state index in [-0.39, 0.29) is 12.5 Å². The number of hydrogen-bond acceptors (Lipinski definition) is 5. The van der Waals surface area contributed by atoms with Gasteiger partial charge in [0.2, 0.25) is 5.91 Å². The van der Waals surface area contributed by atoms with Crippen molar-refractivity contribution in [3.63, 3.8) is 0 Å². The highest BCUT2D eigenvalue weighted by atomic mass is 16.7. The van der Waals surface area contributed by atoms with Crippen molar-refractivity contribution in [3.05, 3.63) is 0 Å². The molecule has 0 unspecified atom stereocenters. The van der Waals surface area contributed by atoms with Crippen LogP contribution in [0.25, 0.3) is 0 Å². The summed E-state index contributed by atoms with van der Waals surface area (Å²) in [6.45, 7) is 5.66. The lowest BCUT2D eigenvalue weighted by atomic mass is 10.2. The zero-order valence-electron chi connectivity index (χ0n) is 10.6. The largest absolute Gasteiger partial charge is 0.442 e. The van der Waals surface area contributed by atoms with E-state index in [4.69, 9.17) is 4.74 Å². The van der Waals surface area contributed by atoms with Gasteiger partial charge in [0.05, 0.1) is 0 Å². The minimum absolute atomic E-state index is 0.0885. The second-order valence-corrected chi connectivity index (χ2v) is 4.74. The smallest absolute Gasteiger partial charge is 0.441 e. The van der Waals surface area contributed by atoms with Crippen molar-refractivity contribution in [3.8, 4) is 0 Å². The van der Waals surface area contributed by atoms with Crippen LogP contribution in [-0.2, 0) is 14.4 Å². The Hall–Kier alpha value is -1.99. The molecule has 3 amide bonds. The molecule has 18 heavy (non-hydrogen) atoms. The molecular formula is C10H17N3O5. The van der Waals surface area contributed by atoms with Crippen LogP contribution >= 0.6 is 0 Å². The van der Waals surface area contributed by atoms with Gasteiger partial charge < -0.3 is 14.9 Å². The van der Waals surface area contributed by atoms with Crippen LogP contribution in [0.1, 0.15) is 20.8 Å². The average Bonchev–Trinajstić information content (AvgIpc) is 2.23. The number of ether oxygens (including phenoxy) is 1. The van der Waals surface area contributed by atoms with E-state index in [1.807, 2.05) is 5.48 Å². The summed E-state index contributed by atoms with van der Waals surface area (Å²) in [5, 5.41) is 2.56. The highest BCUT2D eigenvalue weighted by Crippen LogP contribution is 2.06. The first-order chi connectivity index (χ1) is 8.28. The summed E-state index contributed by atoms with van der Waals surface area (Å²) in [5.74, 6) is -0.268.